The summed E-state index contributed by atoms with van der Waals surface area (Å²) in [6.45, 7) is 4.24. The number of methoxy groups -OCH3 is 1. The molecule has 1 amide bonds. The summed E-state index contributed by atoms with van der Waals surface area (Å²) in [7, 11) is 3.25. The summed E-state index contributed by atoms with van der Waals surface area (Å²) in [4.78, 5) is 11.5. The van der Waals surface area contributed by atoms with Crippen LogP contribution < -0.4 is 21.3 Å². The van der Waals surface area contributed by atoms with Gasteiger partial charge in [0.25, 0.3) is 0 Å². The lowest BCUT2D eigenvalue weighted by Gasteiger charge is -2.17. The number of carbonyl (C=O) groups excluding carboxylic acids is 1. The van der Waals surface area contributed by atoms with E-state index in [-0.39, 0.29) is 18.4 Å². The van der Waals surface area contributed by atoms with Gasteiger partial charge in [0.1, 0.15) is 5.75 Å². The van der Waals surface area contributed by atoms with Crippen molar-refractivity contribution in [2.75, 3.05) is 14.2 Å². The van der Waals surface area contributed by atoms with E-state index in [0.29, 0.717) is 5.92 Å². The quantitative estimate of drug-likeness (QED) is 0.681. The lowest BCUT2D eigenvalue weighted by Crippen LogP contribution is -2.36. The monoisotopic (exact) mass is 265 g/mol. The Morgan fingerprint density at radius 2 is 2.11 bits per heavy atom. The van der Waals surface area contributed by atoms with Crippen LogP contribution in [0.5, 0.6) is 5.75 Å². The van der Waals surface area contributed by atoms with Gasteiger partial charge in [0.15, 0.2) is 0 Å². The zero-order chi connectivity index (χ0) is 14.4. The highest BCUT2D eigenvalue weighted by molar-refractivity contribution is 5.76. The summed E-state index contributed by atoms with van der Waals surface area (Å²) in [6.07, 6.45) is 0.207. The van der Waals surface area contributed by atoms with E-state index in [2.05, 4.69) is 24.7 Å². The van der Waals surface area contributed by atoms with E-state index in [1.807, 2.05) is 18.2 Å². The van der Waals surface area contributed by atoms with Crippen molar-refractivity contribution in [3.63, 3.8) is 0 Å². The molecule has 106 valence electrons. The maximum absolute atomic E-state index is 11.5. The van der Waals surface area contributed by atoms with E-state index in [0.717, 1.165) is 11.3 Å². The Hall–Kier alpha value is -1.59. The first-order chi connectivity index (χ1) is 8.99. The maximum atomic E-state index is 11.5. The van der Waals surface area contributed by atoms with E-state index in [1.54, 1.807) is 14.2 Å². The van der Waals surface area contributed by atoms with Crippen LogP contribution in [0.2, 0.25) is 0 Å². The lowest BCUT2D eigenvalue weighted by atomic mass is 9.97. The molecular weight excluding hydrogens is 242 g/mol. The number of nitrogens with two attached hydrogens (primary N) is 1. The first-order valence-corrected chi connectivity index (χ1v) is 6.38. The Labute approximate surface area is 114 Å². The Balaban J connectivity index is 2.90. The van der Waals surface area contributed by atoms with Crippen molar-refractivity contribution < 1.29 is 9.53 Å². The van der Waals surface area contributed by atoms with Gasteiger partial charge in [-0.05, 0) is 17.5 Å². The third-order valence-corrected chi connectivity index (χ3v) is 2.99. The lowest BCUT2D eigenvalue weighted by molar-refractivity contribution is -0.122. The van der Waals surface area contributed by atoms with Gasteiger partial charge in [-0.15, -0.1) is 0 Å². The molecule has 1 rings (SSSR count). The molecular formula is C14H23N3O2. The third-order valence-electron chi connectivity index (χ3n) is 2.99. The van der Waals surface area contributed by atoms with Gasteiger partial charge in [-0.3, -0.25) is 10.2 Å². The molecule has 1 atom stereocenters. The fraction of sp³-hybridized carbons (Fsp3) is 0.500. The Morgan fingerprint density at radius 1 is 1.42 bits per heavy atom. The van der Waals surface area contributed by atoms with Crippen molar-refractivity contribution in [1.82, 2.24) is 10.9 Å². The molecule has 1 unspecified atom stereocenters. The minimum atomic E-state index is -0.385. The zero-order valence-electron chi connectivity index (χ0n) is 12.0. The zero-order valence-corrected chi connectivity index (χ0v) is 12.0. The second-order valence-corrected chi connectivity index (χ2v) is 4.76. The number of ether oxygens (including phenoxy) is 1. The fourth-order valence-electron chi connectivity index (χ4n) is 1.89. The molecule has 0 heterocycles. The van der Waals surface area contributed by atoms with E-state index in [1.165, 1.54) is 5.56 Å². The summed E-state index contributed by atoms with van der Waals surface area (Å²) < 4.78 is 5.37. The number of hydrazine groups is 1. The molecule has 1 aromatic rings. The van der Waals surface area contributed by atoms with Gasteiger partial charge < -0.3 is 10.5 Å². The molecule has 0 spiro atoms. The van der Waals surface area contributed by atoms with Gasteiger partial charge in [-0.25, -0.2) is 5.43 Å². The number of hydrogen-bond acceptors (Lipinski definition) is 4. The molecule has 1 aromatic carbocycles. The van der Waals surface area contributed by atoms with Crippen LogP contribution in [0.25, 0.3) is 0 Å². The second-order valence-electron chi connectivity index (χ2n) is 4.76. The third kappa shape index (κ3) is 4.22. The van der Waals surface area contributed by atoms with Crippen LogP contribution in [0, 0.1) is 0 Å². The first kappa shape index (κ1) is 15.5. The van der Waals surface area contributed by atoms with Crippen molar-refractivity contribution in [1.29, 1.82) is 0 Å². The van der Waals surface area contributed by atoms with E-state index in [9.17, 15) is 4.79 Å². The van der Waals surface area contributed by atoms with Crippen LogP contribution in [-0.4, -0.2) is 20.1 Å². The summed E-state index contributed by atoms with van der Waals surface area (Å²) in [5.41, 5.74) is 13.2. The Morgan fingerprint density at radius 3 is 2.63 bits per heavy atom. The standard InChI is InChI=1S/C14H23N3O2/c1-9(2)10-5-6-11(13(7-10)19-4)12(15)8-14(18)17-16-3/h5-7,9,12,16H,8,15H2,1-4H3,(H,17,18). The molecule has 19 heavy (non-hydrogen) atoms. The number of hydrogen-bond donors (Lipinski definition) is 3. The van der Waals surface area contributed by atoms with Crippen molar-refractivity contribution in [3.05, 3.63) is 29.3 Å². The van der Waals surface area contributed by atoms with Crippen LogP contribution >= 0.6 is 0 Å². The normalized spacial score (nSPS) is 12.3. The average Bonchev–Trinajstić information content (AvgIpc) is 2.37. The smallest absolute Gasteiger partial charge is 0.235 e. The first-order valence-electron chi connectivity index (χ1n) is 6.38. The number of amides is 1. The fourth-order valence-corrected chi connectivity index (χ4v) is 1.89. The molecule has 5 heteroatoms. The molecule has 0 saturated carbocycles. The van der Waals surface area contributed by atoms with Gasteiger partial charge in [0.05, 0.1) is 7.11 Å². The minimum absolute atomic E-state index is 0.148. The van der Waals surface area contributed by atoms with Crippen molar-refractivity contribution >= 4 is 5.91 Å². The molecule has 0 aromatic heterocycles. The van der Waals surface area contributed by atoms with Gasteiger partial charge in [-0.1, -0.05) is 26.0 Å². The van der Waals surface area contributed by atoms with Gasteiger partial charge in [0.2, 0.25) is 5.91 Å². The van der Waals surface area contributed by atoms with Crippen molar-refractivity contribution in [2.24, 2.45) is 5.73 Å². The Kier molecular flexibility index (Phi) is 5.79. The van der Waals surface area contributed by atoms with Crippen LogP contribution in [0.4, 0.5) is 0 Å². The summed E-state index contributed by atoms with van der Waals surface area (Å²) in [5.74, 6) is 1.01. The van der Waals surface area contributed by atoms with Crippen LogP contribution in [-0.2, 0) is 4.79 Å². The number of benzene rings is 1. The highest BCUT2D eigenvalue weighted by Gasteiger charge is 2.16. The molecule has 0 radical (unpaired) electrons. The molecule has 0 bridgehead atoms. The van der Waals surface area contributed by atoms with Crippen LogP contribution in [0.1, 0.15) is 43.4 Å². The molecule has 0 saturated heterocycles. The van der Waals surface area contributed by atoms with E-state index < -0.39 is 0 Å². The van der Waals surface area contributed by atoms with Crippen LogP contribution in [0.15, 0.2) is 18.2 Å². The van der Waals surface area contributed by atoms with Gasteiger partial charge >= 0.3 is 0 Å². The SMILES string of the molecule is CNNC(=O)CC(N)c1ccc(C(C)C)cc1OC. The largest absolute Gasteiger partial charge is 0.496 e. The predicted octanol–water partition coefficient (Wildman–Crippen LogP) is 1.46. The molecule has 4 N–H and O–H groups in total. The maximum Gasteiger partial charge on any atom is 0.235 e. The number of rotatable bonds is 6. The van der Waals surface area contributed by atoms with Gasteiger partial charge in [-0.2, -0.15) is 0 Å². The van der Waals surface area contributed by atoms with Crippen LogP contribution in [0.3, 0.4) is 0 Å². The number of carbonyl (C=O) groups is 1. The molecule has 0 aliphatic carbocycles. The molecule has 0 aliphatic heterocycles. The van der Waals surface area contributed by atoms with Crippen molar-refractivity contribution in [3.8, 4) is 5.75 Å². The average molecular weight is 265 g/mol. The summed E-state index contributed by atoms with van der Waals surface area (Å²) in [6, 6.07) is 5.56. The topological polar surface area (TPSA) is 76.4 Å². The minimum Gasteiger partial charge on any atom is -0.496 e. The molecule has 5 nitrogen and oxygen atoms in total. The summed E-state index contributed by atoms with van der Waals surface area (Å²) >= 11 is 0. The highest BCUT2D eigenvalue weighted by atomic mass is 16.5. The Bertz CT molecular complexity index is 433. The summed E-state index contributed by atoms with van der Waals surface area (Å²) in [5, 5.41) is 0. The highest BCUT2D eigenvalue weighted by Crippen LogP contribution is 2.29. The van der Waals surface area contributed by atoms with E-state index in [4.69, 9.17) is 10.5 Å². The van der Waals surface area contributed by atoms with Gasteiger partial charge in [0, 0.05) is 25.1 Å². The molecule has 0 fully saturated rings. The number of nitrogens with one attached hydrogen (secondary N) is 2. The molecule has 0 aliphatic rings. The second kappa shape index (κ2) is 7.11. The van der Waals surface area contributed by atoms with Crippen molar-refractivity contribution in [2.45, 2.75) is 32.2 Å². The van der Waals surface area contributed by atoms with E-state index >= 15 is 0 Å². The predicted molar refractivity (Wildman–Crippen MR) is 75.8 cm³/mol.